The van der Waals surface area contributed by atoms with Crippen LogP contribution in [-0.4, -0.2) is 33.1 Å². The molecule has 0 N–H and O–H groups in total. The highest BCUT2D eigenvalue weighted by Gasteiger charge is 2.20. The maximum Gasteiger partial charge on any atom is 0.225 e. The molecule has 7 heteroatoms. The average Bonchev–Trinajstić information content (AvgIpc) is 3.68. The van der Waals surface area contributed by atoms with Gasteiger partial charge in [-0.1, -0.05) is 54.6 Å². The molecule has 0 spiro atoms. The van der Waals surface area contributed by atoms with Crippen LogP contribution in [0.15, 0.2) is 115 Å². The lowest BCUT2D eigenvalue weighted by Gasteiger charge is -2.07. The smallest absolute Gasteiger partial charge is 0.225 e. The molecule has 0 fully saturated rings. The first-order valence-corrected chi connectivity index (χ1v) is 12.8. The molecule has 39 heavy (non-hydrogen) atoms. The Morgan fingerprint density at radius 2 is 0.974 bits per heavy atom. The minimum Gasteiger partial charge on any atom is -0.256 e. The van der Waals surface area contributed by atoms with Crippen LogP contribution in [0.2, 0.25) is 0 Å². The van der Waals surface area contributed by atoms with Crippen molar-refractivity contribution in [3.8, 4) is 22.4 Å². The van der Waals surface area contributed by atoms with Gasteiger partial charge in [0.05, 0.1) is 38.8 Å². The molecule has 0 aliphatic heterocycles. The van der Waals surface area contributed by atoms with E-state index in [4.69, 9.17) is 15.0 Å². The molecule has 5 aromatic heterocycles. The van der Waals surface area contributed by atoms with Crippen molar-refractivity contribution in [3.63, 3.8) is 0 Å². The van der Waals surface area contributed by atoms with Crippen LogP contribution in [0.5, 0.6) is 0 Å². The number of hydrogen-bond acceptors (Lipinski definition) is 4. The van der Waals surface area contributed by atoms with Gasteiger partial charge >= 0.3 is 0 Å². The third-order valence-electron chi connectivity index (χ3n) is 7.48. The Bertz CT molecular complexity index is 2350. The summed E-state index contributed by atoms with van der Waals surface area (Å²) in [6.45, 7) is 0. The molecule has 0 radical (unpaired) electrons. The van der Waals surface area contributed by atoms with Crippen molar-refractivity contribution >= 4 is 50.4 Å². The number of imidazole rings is 3. The third-order valence-corrected chi connectivity index (χ3v) is 7.48. The first kappa shape index (κ1) is 20.5. The van der Waals surface area contributed by atoms with Gasteiger partial charge < -0.3 is 0 Å². The van der Waals surface area contributed by atoms with Gasteiger partial charge in [0.2, 0.25) is 17.3 Å². The lowest BCUT2D eigenvalue weighted by atomic mass is 10.0. The zero-order valence-corrected chi connectivity index (χ0v) is 20.6. The Morgan fingerprint density at radius 1 is 0.410 bits per heavy atom. The zero-order valence-electron chi connectivity index (χ0n) is 20.6. The summed E-state index contributed by atoms with van der Waals surface area (Å²) >= 11 is 0. The summed E-state index contributed by atoms with van der Waals surface area (Å²) in [6, 6.07) is 37.3. The fraction of sp³-hybridized carbons (Fsp3) is 0. The van der Waals surface area contributed by atoms with E-state index in [-0.39, 0.29) is 0 Å². The Balaban J connectivity index is 1.40. The molecular weight excluding hydrogens is 482 g/mol. The zero-order chi connectivity index (χ0) is 25.5. The maximum atomic E-state index is 5.11. The van der Waals surface area contributed by atoms with Crippen LogP contribution in [0.25, 0.3) is 72.8 Å². The lowest BCUT2D eigenvalue weighted by molar-refractivity contribution is 1.01. The molecule has 0 unspecified atom stereocenters. The fourth-order valence-corrected chi connectivity index (χ4v) is 5.70. The summed E-state index contributed by atoms with van der Waals surface area (Å²) in [5.41, 5.74) is 10.0. The van der Waals surface area contributed by atoms with Crippen molar-refractivity contribution in [2.24, 2.45) is 0 Å². The first-order valence-electron chi connectivity index (χ1n) is 12.8. The second-order valence-corrected chi connectivity index (χ2v) is 9.72. The van der Waals surface area contributed by atoms with Crippen LogP contribution in [0.1, 0.15) is 0 Å². The number of benzene rings is 4. The molecule has 0 bridgehead atoms. The monoisotopic (exact) mass is 501 g/mol. The summed E-state index contributed by atoms with van der Waals surface area (Å²) in [7, 11) is 0. The van der Waals surface area contributed by atoms with E-state index in [1.807, 2.05) is 60.8 Å². The van der Waals surface area contributed by atoms with Crippen molar-refractivity contribution in [2.45, 2.75) is 0 Å². The van der Waals surface area contributed by atoms with Gasteiger partial charge in [0.25, 0.3) is 0 Å². The molecule has 0 aliphatic rings. The minimum absolute atomic E-state index is 0.788. The van der Waals surface area contributed by atoms with Gasteiger partial charge in [-0.05, 0) is 65.7 Å². The molecule has 4 aromatic carbocycles. The van der Waals surface area contributed by atoms with Crippen LogP contribution in [0, 0.1) is 0 Å². The highest BCUT2D eigenvalue weighted by molar-refractivity contribution is 5.92. The van der Waals surface area contributed by atoms with Crippen molar-refractivity contribution in [1.29, 1.82) is 0 Å². The average molecular weight is 502 g/mol. The number of fused-ring (bicyclic) bond motifs is 12. The number of rotatable bonds is 2. The van der Waals surface area contributed by atoms with E-state index in [9.17, 15) is 0 Å². The topological polar surface area (TPSA) is 64.8 Å². The molecular formula is C32H19N7. The van der Waals surface area contributed by atoms with Gasteiger partial charge in [0.15, 0.2) is 0 Å². The van der Waals surface area contributed by atoms with Crippen molar-refractivity contribution in [2.75, 3.05) is 0 Å². The number of pyridine rings is 1. The van der Waals surface area contributed by atoms with E-state index < -0.39 is 0 Å². The van der Waals surface area contributed by atoms with Crippen LogP contribution in [-0.2, 0) is 0 Å². The van der Waals surface area contributed by atoms with E-state index in [1.165, 1.54) is 0 Å². The molecule has 5 heterocycles. The Labute approximate surface area is 221 Å². The van der Waals surface area contributed by atoms with Crippen LogP contribution >= 0.6 is 0 Å². The fourth-order valence-electron chi connectivity index (χ4n) is 5.70. The van der Waals surface area contributed by atoms with Gasteiger partial charge in [-0.25, -0.2) is 28.2 Å². The lowest BCUT2D eigenvalue weighted by Crippen LogP contribution is -2.04. The van der Waals surface area contributed by atoms with E-state index >= 15 is 0 Å². The van der Waals surface area contributed by atoms with E-state index in [1.54, 1.807) is 0 Å². The van der Waals surface area contributed by atoms with Gasteiger partial charge in [-0.15, -0.1) is 0 Å². The molecule has 182 valence electrons. The Kier molecular flexibility index (Phi) is 3.93. The standard InChI is InChI=1S/C32H19N7/c1-3-13-27-24(11-1)34-30-37-28-14-4-2-12-25(28)35-31(37)39-29-19-21(15-16-26(29)36-32(39)38(27)30)20-8-7-9-22(18-20)23-10-5-6-17-33-23/h1-19H. The normalized spacial score (nSPS) is 12.1. The number of hydrogen-bond donors (Lipinski definition) is 0. The predicted octanol–water partition coefficient (Wildman–Crippen LogP) is 6.82. The quantitative estimate of drug-likeness (QED) is 0.261. The molecule has 0 saturated carbocycles. The van der Waals surface area contributed by atoms with Gasteiger partial charge in [0.1, 0.15) is 0 Å². The number of aromatic nitrogens is 7. The van der Waals surface area contributed by atoms with Crippen LogP contribution in [0.4, 0.5) is 0 Å². The molecule has 0 aliphatic carbocycles. The summed E-state index contributed by atoms with van der Waals surface area (Å²) in [5, 5.41) is 0. The van der Waals surface area contributed by atoms with Crippen molar-refractivity contribution in [3.05, 3.63) is 115 Å². The molecule has 9 rings (SSSR count). The van der Waals surface area contributed by atoms with Gasteiger partial charge in [0, 0.05) is 11.8 Å². The minimum atomic E-state index is 0.788. The van der Waals surface area contributed by atoms with Crippen LogP contribution in [0.3, 0.4) is 0 Å². The Hall–Kier alpha value is -5.56. The molecule has 7 nitrogen and oxygen atoms in total. The highest BCUT2D eigenvalue weighted by Crippen LogP contribution is 2.31. The maximum absolute atomic E-state index is 5.11. The van der Waals surface area contributed by atoms with Crippen molar-refractivity contribution in [1.82, 2.24) is 33.1 Å². The van der Waals surface area contributed by atoms with E-state index in [2.05, 4.69) is 72.8 Å². The summed E-state index contributed by atoms with van der Waals surface area (Å²) in [4.78, 5) is 19.7. The largest absolute Gasteiger partial charge is 0.256 e. The predicted molar refractivity (Wildman–Crippen MR) is 154 cm³/mol. The SMILES string of the molecule is c1ccc(-c2cccc(-c3ccc4nc5n6c7ccccc7nc6n6c7ccccc7nc6n5c4c3)c2)nc1. The van der Waals surface area contributed by atoms with E-state index in [0.717, 1.165) is 72.8 Å². The summed E-state index contributed by atoms with van der Waals surface area (Å²) in [6.07, 6.45) is 1.83. The molecule has 0 saturated heterocycles. The number of nitrogens with zero attached hydrogens (tertiary/aromatic N) is 7. The molecule has 9 aromatic rings. The van der Waals surface area contributed by atoms with Crippen LogP contribution < -0.4 is 0 Å². The number of para-hydroxylation sites is 4. The Morgan fingerprint density at radius 3 is 1.64 bits per heavy atom. The van der Waals surface area contributed by atoms with E-state index in [0.29, 0.717) is 0 Å². The highest BCUT2D eigenvalue weighted by atomic mass is 15.3. The van der Waals surface area contributed by atoms with Gasteiger partial charge in [-0.3, -0.25) is 4.98 Å². The molecule has 0 atom stereocenters. The first-order chi connectivity index (χ1) is 19.3. The second kappa shape index (κ2) is 7.49. The third kappa shape index (κ3) is 2.81. The second-order valence-electron chi connectivity index (χ2n) is 9.72. The summed E-state index contributed by atoms with van der Waals surface area (Å²) in [5.74, 6) is 2.37. The molecule has 0 amide bonds. The van der Waals surface area contributed by atoms with Crippen molar-refractivity contribution < 1.29 is 0 Å². The summed E-state index contributed by atoms with van der Waals surface area (Å²) < 4.78 is 6.43. The van der Waals surface area contributed by atoms with Gasteiger partial charge in [-0.2, -0.15) is 0 Å².